The minimum atomic E-state index is -0.373. The minimum absolute atomic E-state index is 0.0461. The molecule has 3 nitrogen and oxygen atoms in total. The molecule has 0 saturated carbocycles. The lowest BCUT2D eigenvalue weighted by molar-refractivity contribution is 0.373. The first-order valence-corrected chi connectivity index (χ1v) is 6.02. The molecule has 100 valence electrons. The molecule has 0 aliphatic rings. The molecule has 0 heterocycles. The van der Waals surface area contributed by atoms with E-state index in [9.17, 15) is 9.50 Å². The number of hydrogen-bond donors (Lipinski definition) is 2. The van der Waals surface area contributed by atoms with Crippen molar-refractivity contribution >= 4 is 17.3 Å². The van der Waals surface area contributed by atoms with Crippen molar-refractivity contribution in [3.63, 3.8) is 0 Å². The van der Waals surface area contributed by atoms with Crippen LogP contribution in [0.5, 0.6) is 11.5 Å². The fourth-order valence-corrected chi connectivity index (χ4v) is 1.96. The predicted octanol–water partition coefficient (Wildman–Crippen LogP) is 3.81. The highest BCUT2D eigenvalue weighted by atomic mass is 35.5. The van der Waals surface area contributed by atoms with Crippen LogP contribution in [0.3, 0.4) is 0 Å². The molecule has 2 rings (SSSR count). The molecule has 0 aliphatic carbocycles. The Morgan fingerprint density at radius 3 is 2.68 bits per heavy atom. The second kappa shape index (κ2) is 5.80. The van der Waals surface area contributed by atoms with E-state index in [4.69, 9.17) is 16.3 Å². The first-order valence-electron chi connectivity index (χ1n) is 5.64. The maximum atomic E-state index is 13.1. The normalized spacial score (nSPS) is 10.3. The van der Waals surface area contributed by atoms with Crippen LogP contribution >= 0.6 is 11.6 Å². The van der Waals surface area contributed by atoms with E-state index in [1.165, 1.54) is 19.2 Å². The first kappa shape index (κ1) is 13.5. The molecule has 0 unspecified atom stereocenters. The van der Waals surface area contributed by atoms with Gasteiger partial charge in [0.25, 0.3) is 0 Å². The third kappa shape index (κ3) is 3.51. The van der Waals surface area contributed by atoms with Crippen LogP contribution in [0.1, 0.15) is 5.56 Å². The summed E-state index contributed by atoms with van der Waals surface area (Å²) in [6, 6.07) is 9.29. The van der Waals surface area contributed by atoms with E-state index >= 15 is 0 Å². The van der Waals surface area contributed by atoms with Gasteiger partial charge in [0.15, 0.2) is 11.5 Å². The molecular weight excluding hydrogens is 269 g/mol. The van der Waals surface area contributed by atoms with Crippen molar-refractivity contribution < 1.29 is 14.2 Å². The third-order valence-corrected chi connectivity index (χ3v) is 2.82. The zero-order valence-electron chi connectivity index (χ0n) is 10.3. The van der Waals surface area contributed by atoms with Gasteiger partial charge in [-0.25, -0.2) is 4.39 Å². The summed E-state index contributed by atoms with van der Waals surface area (Å²) in [5.74, 6) is 0.0750. The van der Waals surface area contributed by atoms with Crippen LogP contribution in [-0.2, 0) is 6.54 Å². The zero-order chi connectivity index (χ0) is 13.8. The Morgan fingerprint density at radius 2 is 2.05 bits per heavy atom. The summed E-state index contributed by atoms with van der Waals surface area (Å²) in [7, 11) is 1.48. The molecule has 2 N–H and O–H groups in total. The quantitative estimate of drug-likeness (QED) is 0.895. The van der Waals surface area contributed by atoms with Crippen LogP contribution in [0.15, 0.2) is 36.4 Å². The van der Waals surface area contributed by atoms with Crippen LogP contribution in [0.2, 0.25) is 5.02 Å². The SMILES string of the molecule is COc1ccc(NCc2cc(F)cc(Cl)c2)cc1O. The summed E-state index contributed by atoms with van der Waals surface area (Å²) in [6.45, 7) is 0.406. The van der Waals surface area contributed by atoms with Gasteiger partial charge < -0.3 is 15.2 Å². The number of methoxy groups -OCH3 is 1. The first-order chi connectivity index (χ1) is 9.08. The average molecular weight is 282 g/mol. The summed E-state index contributed by atoms with van der Waals surface area (Å²) in [5.41, 5.74) is 1.43. The third-order valence-electron chi connectivity index (χ3n) is 2.60. The Balaban J connectivity index is 2.08. The predicted molar refractivity (Wildman–Crippen MR) is 73.4 cm³/mol. The zero-order valence-corrected chi connectivity index (χ0v) is 11.0. The molecule has 0 saturated heterocycles. The van der Waals surface area contributed by atoms with E-state index < -0.39 is 0 Å². The highest BCUT2D eigenvalue weighted by Gasteiger charge is 2.03. The summed E-state index contributed by atoms with van der Waals surface area (Å²) >= 11 is 5.77. The lowest BCUT2D eigenvalue weighted by atomic mass is 10.2. The van der Waals surface area contributed by atoms with Gasteiger partial charge in [0, 0.05) is 23.3 Å². The largest absolute Gasteiger partial charge is 0.504 e. The molecule has 0 radical (unpaired) electrons. The molecule has 0 aliphatic heterocycles. The number of rotatable bonds is 4. The lowest BCUT2D eigenvalue weighted by Crippen LogP contribution is -2.00. The van der Waals surface area contributed by atoms with Crippen LogP contribution < -0.4 is 10.1 Å². The Labute approximate surface area is 115 Å². The Hall–Kier alpha value is -1.94. The van der Waals surface area contributed by atoms with Gasteiger partial charge in [-0.15, -0.1) is 0 Å². The highest BCUT2D eigenvalue weighted by molar-refractivity contribution is 6.30. The van der Waals surface area contributed by atoms with Crippen molar-refractivity contribution in [2.45, 2.75) is 6.54 Å². The number of anilines is 1. The van der Waals surface area contributed by atoms with Gasteiger partial charge in [0.05, 0.1) is 7.11 Å². The summed E-state index contributed by atoms with van der Waals surface area (Å²) < 4.78 is 18.1. The molecule has 0 spiro atoms. The second-order valence-corrected chi connectivity index (χ2v) is 4.45. The van der Waals surface area contributed by atoms with E-state index in [0.29, 0.717) is 23.0 Å². The number of hydrogen-bond acceptors (Lipinski definition) is 3. The highest BCUT2D eigenvalue weighted by Crippen LogP contribution is 2.28. The van der Waals surface area contributed by atoms with Gasteiger partial charge in [-0.1, -0.05) is 11.6 Å². The Morgan fingerprint density at radius 1 is 1.26 bits per heavy atom. The van der Waals surface area contributed by atoms with Crippen molar-refractivity contribution in [2.75, 3.05) is 12.4 Å². The molecular formula is C14H13ClFNO2. The molecule has 2 aromatic carbocycles. The molecule has 0 aromatic heterocycles. The molecule has 0 bridgehead atoms. The summed E-state index contributed by atoms with van der Waals surface area (Å²) in [5, 5.41) is 13.1. The van der Waals surface area contributed by atoms with Gasteiger partial charge >= 0.3 is 0 Å². The molecule has 2 aromatic rings. The Kier molecular flexibility index (Phi) is 4.12. The number of aromatic hydroxyl groups is 1. The van der Waals surface area contributed by atoms with Crippen LogP contribution in [-0.4, -0.2) is 12.2 Å². The average Bonchev–Trinajstić information content (AvgIpc) is 2.35. The number of phenolic OH excluding ortho intramolecular Hbond substituents is 1. The van der Waals surface area contributed by atoms with Crippen molar-refractivity contribution in [1.82, 2.24) is 0 Å². The number of benzene rings is 2. The van der Waals surface area contributed by atoms with Crippen LogP contribution in [0.25, 0.3) is 0 Å². The molecule has 0 fully saturated rings. The van der Waals surface area contributed by atoms with Gasteiger partial charge in [0.1, 0.15) is 5.82 Å². The van der Waals surface area contributed by atoms with E-state index in [1.807, 2.05) is 0 Å². The number of nitrogens with one attached hydrogen (secondary N) is 1. The molecule has 5 heteroatoms. The van der Waals surface area contributed by atoms with Crippen molar-refractivity contribution in [3.05, 3.63) is 52.8 Å². The van der Waals surface area contributed by atoms with E-state index in [2.05, 4.69) is 5.32 Å². The van der Waals surface area contributed by atoms with Gasteiger partial charge in [-0.2, -0.15) is 0 Å². The molecule has 19 heavy (non-hydrogen) atoms. The van der Waals surface area contributed by atoms with E-state index in [0.717, 1.165) is 5.56 Å². The van der Waals surface area contributed by atoms with Gasteiger partial charge in [-0.3, -0.25) is 0 Å². The molecule has 0 amide bonds. The smallest absolute Gasteiger partial charge is 0.160 e. The lowest BCUT2D eigenvalue weighted by Gasteiger charge is -2.09. The number of ether oxygens (including phenoxy) is 1. The van der Waals surface area contributed by atoms with Gasteiger partial charge in [0.2, 0.25) is 0 Å². The monoisotopic (exact) mass is 281 g/mol. The van der Waals surface area contributed by atoms with Crippen LogP contribution in [0.4, 0.5) is 10.1 Å². The van der Waals surface area contributed by atoms with Crippen molar-refractivity contribution in [2.24, 2.45) is 0 Å². The second-order valence-electron chi connectivity index (χ2n) is 4.02. The Bertz CT molecular complexity index is 569. The minimum Gasteiger partial charge on any atom is -0.504 e. The standard InChI is InChI=1S/C14H13ClFNO2/c1-19-14-3-2-12(7-13(14)18)17-8-9-4-10(15)6-11(16)5-9/h2-7,17-18H,8H2,1H3. The maximum Gasteiger partial charge on any atom is 0.160 e. The van der Waals surface area contributed by atoms with E-state index in [-0.39, 0.29) is 11.6 Å². The summed E-state index contributed by atoms with van der Waals surface area (Å²) in [6.07, 6.45) is 0. The number of halogens is 2. The fourth-order valence-electron chi connectivity index (χ4n) is 1.72. The van der Waals surface area contributed by atoms with Crippen molar-refractivity contribution in [3.8, 4) is 11.5 Å². The topological polar surface area (TPSA) is 41.5 Å². The summed E-state index contributed by atoms with van der Waals surface area (Å²) in [4.78, 5) is 0. The van der Waals surface area contributed by atoms with Gasteiger partial charge in [-0.05, 0) is 35.9 Å². The fraction of sp³-hybridized carbons (Fsp3) is 0.143. The molecule has 0 atom stereocenters. The van der Waals surface area contributed by atoms with E-state index in [1.54, 1.807) is 24.3 Å². The van der Waals surface area contributed by atoms with Crippen molar-refractivity contribution in [1.29, 1.82) is 0 Å². The van der Waals surface area contributed by atoms with Crippen LogP contribution in [0, 0.1) is 5.82 Å². The number of phenols is 1. The maximum absolute atomic E-state index is 13.1.